The van der Waals surface area contributed by atoms with Crippen LogP contribution in [0, 0.1) is 41.3 Å². The van der Waals surface area contributed by atoms with E-state index in [9.17, 15) is 9.90 Å². The number of ketones is 1. The number of rotatable bonds is 0. The summed E-state index contributed by atoms with van der Waals surface area (Å²) in [7, 11) is 0. The van der Waals surface area contributed by atoms with E-state index < -0.39 is 0 Å². The summed E-state index contributed by atoms with van der Waals surface area (Å²) in [5.74, 6) is 0.522. The Labute approximate surface area is 118 Å². The molecule has 1 aromatic rings. The number of aromatic hydroxyl groups is 1. The van der Waals surface area contributed by atoms with Gasteiger partial charge in [0.2, 0.25) is 0 Å². The van der Waals surface area contributed by atoms with Gasteiger partial charge in [0.05, 0.1) is 21.2 Å². The third-order valence-electron chi connectivity index (χ3n) is 1.71. The van der Waals surface area contributed by atoms with Crippen LogP contribution in [0.4, 0.5) is 0 Å². The summed E-state index contributed by atoms with van der Waals surface area (Å²) in [6.07, 6.45) is 0. The molecule has 1 radical (unpaired) electrons. The fraction of sp³-hybridized carbons (Fsp3) is 0.125. The van der Waals surface area contributed by atoms with Crippen LogP contribution in [0.1, 0.15) is 10.4 Å². The molecule has 0 atom stereocenters. The number of carbonyl (C=O) groups excluding carboxylic acids is 1. The van der Waals surface area contributed by atoms with Crippen molar-refractivity contribution < 1.29 is 51.2 Å². The van der Waals surface area contributed by atoms with Crippen molar-refractivity contribution in [1.29, 1.82) is 0 Å². The molecule has 0 amide bonds. The molecule has 1 aromatic carbocycles. The number of halogens is 1. The number of fused-ring (bicyclic) bond motifs is 1. The molecule has 0 saturated heterocycles. The summed E-state index contributed by atoms with van der Waals surface area (Å²) < 4.78 is 0. The minimum absolute atomic E-state index is 0. The maximum absolute atomic E-state index is 11.2. The van der Waals surface area contributed by atoms with E-state index in [-0.39, 0.29) is 52.8 Å². The van der Waals surface area contributed by atoms with Crippen molar-refractivity contribution in [3.05, 3.63) is 22.7 Å². The van der Waals surface area contributed by atoms with E-state index in [1.807, 2.05) is 0 Å². The topological polar surface area (TPSA) is 37.3 Å². The van der Waals surface area contributed by atoms with Crippen LogP contribution in [0.15, 0.2) is 17.0 Å². The molecule has 0 fully saturated rings. The van der Waals surface area contributed by atoms with Gasteiger partial charge in [0, 0.05) is 41.3 Å². The molecule has 1 aliphatic heterocycles. The van der Waals surface area contributed by atoms with E-state index in [0.717, 1.165) is 0 Å². The van der Waals surface area contributed by atoms with Gasteiger partial charge in [-0.05, 0) is 12.1 Å². The summed E-state index contributed by atoms with van der Waals surface area (Å²) in [5, 5.41) is 9.77. The van der Waals surface area contributed by atoms with E-state index in [0.29, 0.717) is 21.2 Å². The zero-order valence-electron chi connectivity index (χ0n) is 6.58. The number of Topliss-reactive ketones (excluding diaryl/α,β-unsaturated/α-hetero) is 1. The van der Waals surface area contributed by atoms with Crippen LogP contribution in [-0.4, -0.2) is 16.6 Å². The van der Waals surface area contributed by atoms with Gasteiger partial charge in [0.25, 0.3) is 0 Å². The number of hydrogen-bond donors (Lipinski definition) is 1. The Morgan fingerprint density at radius 1 is 1.46 bits per heavy atom. The molecule has 0 aromatic heterocycles. The molecule has 0 bridgehead atoms. The number of benzene rings is 1. The van der Waals surface area contributed by atoms with Crippen LogP contribution in [0.2, 0.25) is 5.02 Å². The maximum Gasteiger partial charge on any atom is 0.175 e. The van der Waals surface area contributed by atoms with E-state index in [1.54, 1.807) is 6.07 Å². The zero-order chi connectivity index (χ0) is 8.72. The molecule has 1 heterocycles. The minimum Gasteiger partial charge on any atom is -0.507 e. The second-order valence-electron chi connectivity index (χ2n) is 2.48. The van der Waals surface area contributed by atoms with Crippen molar-refractivity contribution in [3.63, 3.8) is 0 Å². The van der Waals surface area contributed by atoms with Crippen molar-refractivity contribution in [3.8, 4) is 5.75 Å². The summed E-state index contributed by atoms with van der Waals surface area (Å²) >= 11 is 7.12. The van der Waals surface area contributed by atoms with E-state index >= 15 is 0 Å². The van der Waals surface area contributed by atoms with E-state index in [1.165, 1.54) is 17.8 Å². The molecule has 0 saturated carbocycles. The van der Waals surface area contributed by atoms with Crippen molar-refractivity contribution in [1.82, 2.24) is 0 Å². The third kappa shape index (κ3) is 2.04. The molecule has 13 heavy (non-hydrogen) atoms. The average Bonchev–Trinajstić information content (AvgIpc) is 2.42. The summed E-state index contributed by atoms with van der Waals surface area (Å²) in [6, 6.07) is 3.05. The van der Waals surface area contributed by atoms with Gasteiger partial charge in [-0.3, -0.25) is 4.79 Å². The number of hydrogen-bond acceptors (Lipinski definition) is 3. The van der Waals surface area contributed by atoms with Crippen LogP contribution >= 0.6 is 23.4 Å². The second-order valence-corrected chi connectivity index (χ2v) is 3.88. The van der Waals surface area contributed by atoms with Gasteiger partial charge in [-0.25, -0.2) is 0 Å². The fourth-order valence-electron chi connectivity index (χ4n) is 1.16. The largest absolute Gasteiger partial charge is 0.507 e. The van der Waals surface area contributed by atoms with Gasteiger partial charge >= 0.3 is 0 Å². The Morgan fingerprint density at radius 2 is 2.15 bits per heavy atom. The average molecular weight is 342 g/mol. The Morgan fingerprint density at radius 3 is 2.77 bits per heavy atom. The number of thioether (sulfide) groups is 1. The van der Waals surface area contributed by atoms with Crippen LogP contribution in [0.25, 0.3) is 0 Å². The Bertz CT molecular complexity index is 367. The minimum atomic E-state index is -0.00380. The maximum atomic E-state index is 11.2. The third-order valence-corrected chi connectivity index (χ3v) is 3.14. The first-order valence-corrected chi connectivity index (χ1v) is 4.74. The van der Waals surface area contributed by atoms with E-state index in [2.05, 4.69) is 0 Å². The predicted octanol–water partition coefficient (Wildman–Crippen LogP) is 2.33. The van der Waals surface area contributed by atoms with Gasteiger partial charge in [-0.1, -0.05) is 11.6 Å². The molecule has 2 nitrogen and oxygen atoms in total. The van der Waals surface area contributed by atoms with Crippen LogP contribution in [-0.2, 0) is 0 Å². The smallest absolute Gasteiger partial charge is 0.175 e. The van der Waals surface area contributed by atoms with Crippen molar-refractivity contribution >= 4 is 29.1 Å². The number of phenolic OH excluding ortho intramolecular Hbond substituents is 1. The first-order chi connectivity index (χ1) is 5.70. The van der Waals surface area contributed by atoms with Gasteiger partial charge in [-0.2, -0.15) is 0 Å². The van der Waals surface area contributed by atoms with Crippen molar-refractivity contribution in [2.24, 2.45) is 0 Å². The van der Waals surface area contributed by atoms with Crippen LogP contribution in [0.3, 0.4) is 0 Å². The van der Waals surface area contributed by atoms with Gasteiger partial charge in [0.15, 0.2) is 5.78 Å². The number of carbonyl (C=O) groups is 1. The first-order valence-electron chi connectivity index (χ1n) is 3.37. The Balaban J connectivity index is 0.000000845. The molecule has 65 valence electrons. The monoisotopic (exact) mass is 341 g/mol. The molecule has 5 heteroatoms. The molecule has 1 N–H and O–H groups in total. The second kappa shape index (κ2) is 4.48. The molecule has 0 aliphatic carbocycles. The van der Waals surface area contributed by atoms with Crippen molar-refractivity contribution in [2.75, 3.05) is 5.75 Å². The number of phenols is 1. The van der Waals surface area contributed by atoms with Crippen molar-refractivity contribution in [2.45, 2.75) is 4.90 Å². The normalized spacial score (nSPS) is 13.8. The standard InChI is InChI=1S/C8H5ClO2S.Pr/c9-4-1-2-5(10)8-7(4)6(11)3-12-8;/h1-2,10H,3H2;. The fourth-order valence-corrected chi connectivity index (χ4v) is 2.49. The molecular weight excluding hydrogens is 337 g/mol. The zero-order valence-corrected chi connectivity index (χ0v) is 11.9. The summed E-state index contributed by atoms with van der Waals surface area (Å²) in [4.78, 5) is 11.8. The Kier molecular flexibility index (Phi) is 4.05. The summed E-state index contributed by atoms with van der Waals surface area (Å²) in [5.41, 5.74) is 0.474. The van der Waals surface area contributed by atoms with Gasteiger partial charge in [-0.15, -0.1) is 11.8 Å². The molecular formula is C8H5ClO2PrS. The predicted molar refractivity (Wildman–Crippen MR) is 48.2 cm³/mol. The molecule has 1 aliphatic rings. The van der Waals surface area contributed by atoms with Gasteiger partial charge < -0.3 is 5.11 Å². The van der Waals surface area contributed by atoms with E-state index in [4.69, 9.17) is 11.6 Å². The van der Waals surface area contributed by atoms with Crippen LogP contribution < -0.4 is 0 Å². The molecule has 2 rings (SSSR count). The summed E-state index contributed by atoms with van der Waals surface area (Å²) in [6.45, 7) is 0. The van der Waals surface area contributed by atoms with Gasteiger partial charge in [0.1, 0.15) is 5.75 Å². The van der Waals surface area contributed by atoms with Crippen LogP contribution in [0.5, 0.6) is 5.75 Å². The first kappa shape index (κ1) is 11.8. The Hall–Kier alpha value is 0.694. The quantitative estimate of drug-likeness (QED) is 0.787. The molecule has 0 spiro atoms. The molecule has 0 unspecified atom stereocenters. The SMILES string of the molecule is O=C1CSc2c(O)ccc(Cl)c21.[Pr].